The monoisotopic (exact) mass is 257 g/mol. The number of nitrogens with one attached hydrogen (secondary N) is 1. The number of sulfonamides is 1. The van der Waals surface area contributed by atoms with Gasteiger partial charge in [0.15, 0.2) is 0 Å². The molecule has 0 aromatic heterocycles. The average Bonchev–Trinajstić information content (AvgIpc) is 2.10. The molecule has 1 N–H and O–H groups in total. The Morgan fingerprint density at radius 2 is 2.00 bits per heavy atom. The molecule has 4 nitrogen and oxygen atoms in total. The summed E-state index contributed by atoms with van der Waals surface area (Å²) in [5.74, 6) is 0.114. The molecule has 0 spiro atoms. The van der Waals surface area contributed by atoms with Crippen LogP contribution in [0.25, 0.3) is 0 Å². The van der Waals surface area contributed by atoms with Crippen molar-refractivity contribution in [2.75, 3.05) is 24.8 Å². The lowest BCUT2D eigenvalue weighted by Crippen LogP contribution is -2.28. The van der Waals surface area contributed by atoms with Crippen LogP contribution >= 0.6 is 11.6 Å². The largest absolute Gasteiger partial charge is 0.379 e. The van der Waals surface area contributed by atoms with Crippen LogP contribution in [0.4, 0.5) is 0 Å². The zero-order valence-electron chi connectivity index (χ0n) is 9.33. The van der Waals surface area contributed by atoms with Crippen molar-refractivity contribution in [1.29, 1.82) is 0 Å². The highest BCUT2D eigenvalue weighted by Crippen LogP contribution is 1.94. The molecule has 0 bridgehead atoms. The van der Waals surface area contributed by atoms with E-state index in [1.165, 1.54) is 0 Å². The van der Waals surface area contributed by atoms with E-state index in [1.54, 1.807) is 0 Å². The Hall–Kier alpha value is 0.160. The van der Waals surface area contributed by atoms with Gasteiger partial charge in [0.1, 0.15) is 0 Å². The molecule has 0 rings (SSSR count). The van der Waals surface area contributed by atoms with Crippen LogP contribution in [0.2, 0.25) is 0 Å². The van der Waals surface area contributed by atoms with Gasteiger partial charge in [-0.15, -0.1) is 11.6 Å². The summed E-state index contributed by atoms with van der Waals surface area (Å²) in [6, 6.07) is 0. The Bertz CT molecular complexity index is 242. The molecule has 0 aromatic rings. The van der Waals surface area contributed by atoms with Crippen LogP contribution in [0, 0.1) is 0 Å². The fourth-order valence-corrected chi connectivity index (χ4v) is 2.36. The molecule has 0 heterocycles. The van der Waals surface area contributed by atoms with Gasteiger partial charge in [0, 0.05) is 19.0 Å². The summed E-state index contributed by atoms with van der Waals surface area (Å²) >= 11 is 5.34. The molecule has 0 aliphatic carbocycles. The second-order valence-electron chi connectivity index (χ2n) is 3.53. The molecule has 0 aliphatic rings. The number of halogens is 1. The van der Waals surface area contributed by atoms with Crippen LogP contribution in [-0.4, -0.2) is 39.3 Å². The van der Waals surface area contributed by atoms with Crippen LogP contribution in [-0.2, 0) is 14.8 Å². The average molecular weight is 258 g/mol. The van der Waals surface area contributed by atoms with Gasteiger partial charge in [-0.1, -0.05) is 0 Å². The third-order valence-corrected chi connectivity index (χ3v) is 3.49. The number of unbranched alkanes of at least 4 members (excludes halogenated alkanes) is 1. The van der Waals surface area contributed by atoms with Crippen molar-refractivity contribution in [3.8, 4) is 0 Å². The minimum atomic E-state index is -3.16. The summed E-state index contributed by atoms with van der Waals surface area (Å²) in [5.41, 5.74) is 0. The zero-order valence-corrected chi connectivity index (χ0v) is 10.9. The van der Waals surface area contributed by atoms with Gasteiger partial charge in [0.05, 0.1) is 11.9 Å². The second-order valence-corrected chi connectivity index (χ2v) is 5.83. The van der Waals surface area contributed by atoms with E-state index in [2.05, 4.69) is 4.72 Å². The summed E-state index contributed by atoms with van der Waals surface area (Å²) in [4.78, 5) is 0. The summed E-state index contributed by atoms with van der Waals surface area (Å²) in [7, 11) is -3.16. The lowest BCUT2D eigenvalue weighted by molar-refractivity contribution is 0.0762. The predicted molar refractivity (Wildman–Crippen MR) is 62.8 cm³/mol. The molecule has 92 valence electrons. The molecule has 15 heavy (non-hydrogen) atoms. The Kier molecular flexibility index (Phi) is 8.42. The highest BCUT2D eigenvalue weighted by molar-refractivity contribution is 7.89. The van der Waals surface area contributed by atoms with Gasteiger partial charge >= 0.3 is 0 Å². The van der Waals surface area contributed by atoms with E-state index in [9.17, 15) is 8.42 Å². The summed E-state index contributed by atoms with van der Waals surface area (Å²) < 4.78 is 30.1. The molecule has 0 fully saturated rings. The Morgan fingerprint density at radius 1 is 1.33 bits per heavy atom. The smallest absolute Gasteiger partial charge is 0.212 e. The van der Waals surface area contributed by atoms with Crippen molar-refractivity contribution in [1.82, 2.24) is 4.72 Å². The van der Waals surface area contributed by atoms with E-state index in [1.807, 2.05) is 13.8 Å². The quantitative estimate of drug-likeness (QED) is 0.501. The van der Waals surface area contributed by atoms with Gasteiger partial charge in [-0.25, -0.2) is 13.1 Å². The highest BCUT2D eigenvalue weighted by Gasteiger charge is 2.07. The van der Waals surface area contributed by atoms with Gasteiger partial charge in [0.25, 0.3) is 0 Å². The SMILES string of the molecule is CC(C)OCCCCNS(=O)(=O)CCCl. The van der Waals surface area contributed by atoms with Crippen molar-refractivity contribution in [3.63, 3.8) is 0 Å². The minimum Gasteiger partial charge on any atom is -0.379 e. The third kappa shape index (κ3) is 10.4. The Labute approximate surface area is 97.4 Å². The zero-order chi connectivity index (χ0) is 11.7. The van der Waals surface area contributed by atoms with Crippen molar-refractivity contribution in [3.05, 3.63) is 0 Å². The van der Waals surface area contributed by atoms with Gasteiger partial charge in [0.2, 0.25) is 10.0 Å². The molecular formula is C9H20ClNO3S. The van der Waals surface area contributed by atoms with Crippen LogP contribution in [0.3, 0.4) is 0 Å². The minimum absolute atomic E-state index is 0.0168. The topological polar surface area (TPSA) is 55.4 Å². The van der Waals surface area contributed by atoms with Gasteiger partial charge in [-0.3, -0.25) is 0 Å². The third-order valence-electron chi connectivity index (χ3n) is 1.69. The van der Waals surface area contributed by atoms with Gasteiger partial charge in [-0.2, -0.15) is 0 Å². The molecule has 0 aromatic carbocycles. The van der Waals surface area contributed by atoms with E-state index in [0.29, 0.717) is 13.2 Å². The van der Waals surface area contributed by atoms with Crippen molar-refractivity contribution >= 4 is 21.6 Å². The van der Waals surface area contributed by atoms with Gasteiger partial charge in [-0.05, 0) is 26.7 Å². The number of hydrogen-bond donors (Lipinski definition) is 1. The molecule has 0 atom stereocenters. The summed E-state index contributed by atoms with van der Waals surface area (Å²) in [5, 5.41) is 0. The maximum absolute atomic E-state index is 11.1. The standard InChI is InChI=1S/C9H20ClNO3S/c1-9(2)14-7-4-3-6-11-15(12,13)8-5-10/h9,11H,3-8H2,1-2H3. The lowest BCUT2D eigenvalue weighted by Gasteiger charge is -2.07. The van der Waals surface area contributed by atoms with Gasteiger partial charge < -0.3 is 4.74 Å². The summed E-state index contributed by atoms with van der Waals surface area (Å²) in [6.45, 7) is 5.09. The molecule has 0 aliphatic heterocycles. The summed E-state index contributed by atoms with van der Waals surface area (Å²) in [6.07, 6.45) is 1.88. The fraction of sp³-hybridized carbons (Fsp3) is 1.00. The van der Waals surface area contributed by atoms with Crippen molar-refractivity contribution < 1.29 is 13.2 Å². The number of rotatable bonds is 9. The van der Waals surface area contributed by atoms with E-state index in [4.69, 9.17) is 16.3 Å². The first-order chi connectivity index (χ1) is 6.98. The highest BCUT2D eigenvalue weighted by atomic mass is 35.5. The van der Waals surface area contributed by atoms with E-state index in [0.717, 1.165) is 12.8 Å². The van der Waals surface area contributed by atoms with Crippen molar-refractivity contribution in [2.45, 2.75) is 32.8 Å². The van der Waals surface area contributed by atoms with E-state index >= 15 is 0 Å². The second kappa shape index (κ2) is 8.33. The van der Waals surface area contributed by atoms with Crippen LogP contribution < -0.4 is 4.72 Å². The number of hydrogen-bond acceptors (Lipinski definition) is 3. The van der Waals surface area contributed by atoms with Crippen LogP contribution in [0.5, 0.6) is 0 Å². The molecule has 0 amide bonds. The Balaban J connectivity index is 3.38. The molecule has 0 unspecified atom stereocenters. The fourth-order valence-electron chi connectivity index (χ4n) is 0.948. The first-order valence-electron chi connectivity index (χ1n) is 5.13. The first-order valence-corrected chi connectivity index (χ1v) is 7.31. The van der Waals surface area contributed by atoms with Crippen LogP contribution in [0.1, 0.15) is 26.7 Å². The maximum Gasteiger partial charge on any atom is 0.212 e. The number of alkyl halides is 1. The number of ether oxygens (including phenoxy) is 1. The Morgan fingerprint density at radius 3 is 2.53 bits per heavy atom. The predicted octanol–water partition coefficient (Wildman–Crippen LogP) is 1.35. The van der Waals surface area contributed by atoms with E-state index in [-0.39, 0.29) is 17.7 Å². The molecular weight excluding hydrogens is 238 g/mol. The molecule has 6 heteroatoms. The lowest BCUT2D eigenvalue weighted by atomic mass is 10.3. The molecule has 0 radical (unpaired) electrons. The maximum atomic E-state index is 11.1. The normalized spacial score (nSPS) is 12.3. The molecule has 0 saturated heterocycles. The van der Waals surface area contributed by atoms with Crippen LogP contribution in [0.15, 0.2) is 0 Å². The first kappa shape index (κ1) is 15.2. The van der Waals surface area contributed by atoms with Crippen molar-refractivity contribution in [2.24, 2.45) is 0 Å². The van der Waals surface area contributed by atoms with E-state index < -0.39 is 10.0 Å². The molecule has 0 saturated carbocycles.